The van der Waals surface area contributed by atoms with Crippen LogP contribution < -0.4 is 10.3 Å². The van der Waals surface area contributed by atoms with E-state index in [4.69, 9.17) is 4.74 Å². The number of aromatic nitrogens is 2. The molecule has 0 saturated carbocycles. The van der Waals surface area contributed by atoms with Crippen molar-refractivity contribution in [1.82, 2.24) is 9.97 Å². The van der Waals surface area contributed by atoms with E-state index in [1.165, 1.54) is 18.9 Å². The zero-order chi connectivity index (χ0) is 15.4. The fourth-order valence-electron chi connectivity index (χ4n) is 2.16. The van der Waals surface area contributed by atoms with Gasteiger partial charge in [-0.05, 0) is 18.7 Å². The van der Waals surface area contributed by atoms with E-state index in [1.807, 2.05) is 13.2 Å². The molecule has 0 radical (unpaired) electrons. The number of nitrogens with zero attached hydrogens (tertiary/aromatic N) is 1. The normalized spacial score (nSPS) is 10.6. The number of aromatic hydroxyl groups is 1. The van der Waals surface area contributed by atoms with Crippen LogP contribution in [0, 0.1) is 0 Å². The van der Waals surface area contributed by atoms with Crippen LogP contribution in [0.3, 0.4) is 0 Å². The number of ether oxygens (including phenoxy) is 1. The highest BCUT2D eigenvalue weighted by atomic mass is 32.2. The Kier molecular flexibility index (Phi) is 4.90. The number of rotatable bonds is 5. The van der Waals surface area contributed by atoms with Crippen LogP contribution in [0.1, 0.15) is 23.7 Å². The quantitative estimate of drug-likeness (QED) is 0.655. The van der Waals surface area contributed by atoms with E-state index in [-0.39, 0.29) is 11.3 Å². The Morgan fingerprint density at radius 1 is 1.43 bits per heavy atom. The number of para-hydroxylation sites is 1. The zero-order valence-electron chi connectivity index (χ0n) is 12.3. The number of aromatic amines is 1. The van der Waals surface area contributed by atoms with Crippen LogP contribution in [0.2, 0.25) is 0 Å². The second kappa shape index (κ2) is 6.67. The largest absolute Gasteiger partial charge is 0.504 e. The van der Waals surface area contributed by atoms with E-state index >= 15 is 0 Å². The van der Waals surface area contributed by atoms with E-state index in [0.717, 1.165) is 5.69 Å². The number of hydrogen-bond acceptors (Lipinski definition) is 5. The van der Waals surface area contributed by atoms with E-state index in [1.54, 1.807) is 18.2 Å². The molecule has 5 nitrogen and oxygen atoms in total. The second-order valence-corrected chi connectivity index (χ2v) is 5.29. The van der Waals surface area contributed by atoms with Crippen molar-refractivity contribution in [1.29, 1.82) is 0 Å². The molecule has 1 aromatic carbocycles. The van der Waals surface area contributed by atoms with Gasteiger partial charge in [-0.3, -0.25) is 4.79 Å². The lowest BCUT2D eigenvalue weighted by Crippen LogP contribution is -2.19. The Morgan fingerprint density at radius 2 is 2.19 bits per heavy atom. The number of phenols is 1. The minimum atomic E-state index is -0.159. The first-order valence-electron chi connectivity index (χ1n) is 6.61. The van der Waals surface area contributed by atoms with Crippen LogP contribution in [0.25, 0.3) is 0 Å². The minimum absolute atomic E-state index is 0.0652. The third-order valence-electron chi connectivity index (χ3n) is 3.28. The summed E-state index contributed by atoms with van der Waals surface area (Å²) in [7, 11) is 1.50. The topological polar surface area (TPSA) is 75.2 Å². The van der Waals surface area contributed by atoms with Crippen molar-refractivity contribution in [3.8, 4) is 11.5 Å². The predicted octanol–water partition coefficient (Wildman–Crippen LogP) is 2.36. The molecule has 1 heterocycles. The molecule has 0 unspecified atom stereocenters. The van der Waals surface area contributed by atoms with Gasteiger partial charge in [-0.15, -0.1) is 0 Å². The van der Waals surface area contributed by atoms with Crippen molar-refractivity contribution in [3.63, 3.8) is 0 Å². The van der Waals surface area contributed by atoms with Crippen LogP contribution in [-0.2, 0) is 12.8 Å². The van der Waals surface area contributed by atoms with Crippen LogP contribution in [0.4, 0.5) is 0 Å². The van der Waals surface area contributed by atoms with Gasteiger partial charge in [-0.25, -0.2) is 4.98 Å². The molecule has 2 aromatic rings. The molecular formula is C15H18N2O3S. The SMILES string of the molecule is CCc1nc(SC)[nH]c(=O)c1Cc1cccc(OC)c1O. The smallest absolute Gasteiger partial charge is 0.255 e. The summed E-state index contributed by atoms with van der Waals surface area (Å²) in [4.78, 5) is 19.4. The molecular weight excluding hydrogens is 288 g/mol. The highest BCUT2D eigenvalue weighted by Crippen LogP contribution is 2.30. The minimum Gasteiger partial charge on any atom is -0.504 e. The summed E-state index contributed by atoms with van der Waals surface area (Å²) in [6.07, 6.45) is 2.85. The molecule has 0 fully saturated rings. The maximum absolute atomic E-state index is 12.2. The Labute approximate surface area is 127 Å². The summed E-state index contributed by atoms with van der Waals surface area (Å²) in [5.41, 5.74) is 1.82. The number of hydrogen-bond donors (Lipinski definition) is 2. The standard InChI is InChI=1S/C15H18N2O3S/c1-4-11-10(14(19)17-15(16-11)21-3)8-9-6-5-7-12(20-2)13(9)18/h5-7,18H,4,8H2,1-3H3,(H,16,17,19). The predicted molar refractivity (Wildman–Crippen MR) is 83.5 cm³/mol. The number of nitrogens with one attached hydrogen (secondary N) is 1. The van der Waals surface area contributed by atoms with Gasteiger partial charge in [0.1, 0.15) is 0 Å². The van der Waals surface area contributed by atoms with Gasteiger partial charge in [-0.1, -0.05) is 30.8 Å². The maximum Gasteiger partial charge on any atom is 0.255 e. The van der Waals surface area contributed by atoms with E-state index in [0.29, 0.717) is 34.9 Å². The molecule has 21 heavy (non-hydrogen) atoms. The highest BCUT2D eigenvalue weighted by Gasteiger charge is 2.14. The summed E-state index contributed by atoms with van der Waals surface area (Å²) in [6.45, 7) is 1.96. The zero-order valence-corrected chi connectivity index (χ0v) is 13.1. The Hall–Kier alpha value is -1.95. The van der Waals surface area contributed by atoms with Gasteiger partial charge in [0.15, 0.2) is 16.7 Å². The lowest BCUT2D eigenvalue weighted by atomic mass is 10.0. The number of H-pyrrole nitrogens is 1. The maximum atomic E-state index is 12.2. The Bertz CT molecular complexity index is 698. The molecule has 0 bridgehead atoms. The first kappa shape index (κ1) is 15.4. The molecule has 0 spiro atoms. The van der Waals surface area contributed by atoms with Crippen molar-refractivity contribution in [2.45, 2.75) is 24.9 Å². The number of thioether (sulfide) groups is 1. The third-order valence-corrected chi connectivity index (χ3v) is 3.86. The molecule has 0 saturated heterocycles. The Morgan fingerprint density at radius 3 is 2.81 bits per heavy atom. The molecule has 112 valence electrons. The fourth-order valence-corrected chi connectivity index (χ4v) is 2.55. The van der Waals surface area contributed by atoms with Gasteiger partial charge in [0.2, 0.25) is 0 Å². The van der Waals surface area contributed by atoms with Crippen molar-refractivity contribution >= 4 is 11.8 Å². The molecule has 2 rings (SSSR count). The van der Waals surface area contributed by atoms with Gasteiger partial charge in [0, 0.05) is 17.5 Å². The van der Waals surface area contributed by atoms with Gasteiger partial charge < -0.3 is 14.8 Å². The second-order valence-electron chi connectivity index (χ2n) is 4.50. The summed E-state index contributed by atoms with van der Waals surface area (Å²) in [5, 5.41) is 10.8. The van der Waals surface area contributed by atoms with Crippen molar-refractivity contribution in [2.75, 3.05) is 13.4 Å². The van der Waals surface area contributed by atoms with E-state index < -0.39 is 0 Å². The molecule has 1 aromatic heterocycles. The van der Waals surface area contributed by atoms with E-state index in [2.05, 4.69) is 9.97 Å². The lowest BCUT2D eigenvalue weighted by Gasteiger charge is -2.11. The number of methoxy groups -OCH3 is 1. The van der Waals surface area contributed by atoms with Crippen molar-refractivity contribution in [2.24, 2.45) is 0 Å². The Balaban J connectivity index is 2.47. The first-order valence-corrected chi connectivity index (χ1v) is 7.84. The number of phenolic OH excluding ortho intramolecular Hbond substituents is 1. The molecule has 0 aliphatic carbocycles. The van der Waals surface area contributed by atoms with Crippen molar-refractivity contribution < 1.29 is 9.84 Å². The summed E-state index contributed by atoms with van der Waals surface area (Å²) in [5.74, 6) is 0.464. The highest BCUT2D eigenvalue weighted by molar-refractivity contribution is 7.98. The monoisotopic (exact) mass is 306 g/mol. The van der Waals surface area contributed by atoms with Gasteiger partial charge >= 0.3 is 0 Å². The number of aryl methyl sites for hydroxylation is 1. The van der Waals surface area contributed by atoms with Crippen LogP contribution in [0.15, 0.2) is 28.2 Å². The van der Waals surface area contributed by atoms with E-state index in [9.17, 15) is 9.90 Å². The van der Waals surface area contributed by atoms with Gasteiger partial charge in [-0.2, -0.15) is 0 Å². The average Bonchev–Trinajstić information content (AvgIpc) is 2.50. The summed E-state index contributed by atoms with van der Waals surface area (Å²) < 4.78 is 5.09. The molecule has 2 N–H and O–H groups in total. The summed E-state index contributed by atoms with van der Waals surface area (Å²) in [6, 6.07) is 5.25. The molecule has 6 heteroatoms. The third kappa shape index (κ3) is 3.21. The molecule has 0 aliphatic heterocycles. The fraction of sp³-hybridized carbons (Fsp3) is 0.333. The van der Waals surface area contributed by atoms with Crippen LogP contribution in [0.5, 0.6) is 11.5 Å². The van der Waals surface area contributed by atoms with Crippen LogP contribution >= 0.6 is 11.8 Å². The summed E-state index contributed by atoms with van der Waals surface area (Å²) >= 11 is 1.40. The molecule has 0 amide bonds. The molecule has 0 aliphatic rings. The van der Waals surface area contributed by atoms with Crippen LogP contribution in [-0.4, -0.2) is 28.4 Å². The van der Waals surface area contributed by atoms with Gasteiger partial charge in [0.25, 0.3) is 5.56 Å². The average molecular weight is 306 g/mol. The number of benzene rings is 1. The lowest BCUT2D eigenvalue weighted by molar-refractivity contribution is 0.371. The van der Waals surface area contributed by atoms with Gasteiger partial charge in [0.05, 0.1) is 12.8 Å². The van der Waals surface area contributed by atoms with Crippen molar-refractivity contribution in [3.05, 3.63) is 45.4 Å². The first-order chi connectivity index (χ1) is 10.1. The molecule has 0 atom stereocenters.